The smallest absolute Gasteiger partial charge is 2.00 e. The molecule has 0 aromatic rings. The molecule has 0 aromatic heterocycles. The molecule has 1 radical (unpaired) electrons. The van der Waals surface area contributed by atoms with Crippen molar-refractivity contribution in [2.45, 2.75) is 0 Å². The van der Waals surface area contributed by atoms with Crippen LogP contribution in [-0.2, 0) is 34.4 Å². The minimum absolute atomic E-state index is 0. The third kappa shape index (κ3) is 10800. The molecule has 0 aliphatic heterocycles. The van der Waals surface area contributed by atoms with Crippen molar-refractivity contribution < 1.29 is 63.5 Å². The molecule has 0 bridgehead atoms. The SMILES string of the molecule is O.O.O.O.O=S(=O)([O-])[O-].[O-2].[V+4]. The first-order chi connectivity index (χ1) is 2.00. The van der Waals surface area contributed by atoms with E-state index in [9.17, 15) is 0 Å². The second-order valence-electron chi connectivity index (χ2n) is 0.408. The fraction of sp³-hybridized carbons (Fsp3) is 0. The first kappa shape index (κ1) is 65.4. The molecule has 0 atom stereocenters. The number of hydrogen-bond acceptors (Lipinski definition) is 4. The van der Waals surface area contributed by atoms with Crippen molar-refractivity contribution in [3.05, 3.63) is 0 Å². The van der Waals surface area contributed by atoms with E-state index in [1.165, 1.54) is 0 Å². The summed E-state index contributed by atoms with van der Waals surface area (Å²) in [6.45, 7) is 0. The molecule has 0 aromatic carbocycles. The molecule has 11 heteroatoms. The Morgan fingerprint density at radius 3 is 0.818 bits per heavy atom. The van der Waals surface area contributed by atoms with Gasteiger partial charge in [-0.15, -0.1) is 0 Å². The zero-order valence-electron chi connectivity index (χ0n) is 4.90. The van der Waals surface area contributed by atoms with E-state index in [-0.39, 0.29) is 45.9 Å². The summed E-state index contributed by atoms with van der Waals surface area (Å²) in [4.78, 5) is 0. The molecule has 0 saturated heterocycles. The summed E-state index contributed by atoms with van der Waals surface area (Å²) in [7, 11) is -5.17. The zero-order chi connectivity index (χ0) is 4.50. The third-order valence-electron chi connectivity index (χ3n) is 0. The van der Waals surface area contributed by atoms with E-state index in [4.69, 9.17) is 17.5 Å². The Kier molecular flexibility index (Phi) is 133. The van der Waals surface area contributed by atoms with Crippen LogP contribution in [0.25, 0.3) is 0 Å². The molecule has 0 spiro atoms. The van der Waals surface area contributed by atoms with Crippen molar-refractivity contribution in [1.82, 2.24) is 0 Å². The second kappa shape index (κ2) is 22.5. The molecule has 0 unspecified atom stereocenters. The average Bonchev–Trinajstić information content (AvgIpc) is 0.722. The quantitative estimate of drug-likeness (QED) is 0.296. The van der Waals surface area contributed by atoms with Crippen LogP contribution in [0.15, 0.2) is 0 Å². The predicted octanol–water partition coefficient (Wildman–Crippen LogP) is -4.76. The van der Waals surface area contributed by atoms with Gasteiger partial charge < -0.3 is 36.5 Å². The van der Waals surface area contributed by atoms with E-state index in [1.54, 1.807) is 0 Å². The van der Waals surface area contributed by atoms with Gasteiger partial charge in [-0.1, -0.05) is 0 Å². The maximum Gasteiger partial charge on any atom is 4.00 e. The molecule has 9 nitrogen and oxygen atoms in total. The summed E-state index contributed by atoms with van der Waals surface area (Å²) < 4.78 is 34.1. The molecule has 0 rings (SSSR count). The Morgan fingerprint density at radius 1 is 0.818 bits per heavy atom. The first-order valence-corrected chi connectivity index (χ1v) is 2.00. The maximum absolute atomic E-state index is 8.52. The Balaban J connectivity index is -0.00000000533. The van der Waals surface area contributed by atoms with Crippen LogP contribution in [0, 0.1) is 0 Å². The Morgan fingerprint density at radius 2 is 0.818 bits per heavy atom. The van der Waals surface area contributed by atoms with Gasteiger partial charge >= 0.3 is 18.6 Å². The topological polar surface area (TPSA) is 235 Å². The summed E-state index contributed by atoms with van der Waals surface area (Å²) >= 11 is 0. The van der Waals surface area contributed by atoms with Crippen molar-refractivity contribution in [2.24, 2.45) is 0 Å². The van der Waals surface area contributed by atoms with E-state index in [0.717, 1.165) is 0 Å². The van der Waals surface area contributed by atoms with Gasteiger partial charge in [0.2, 0.25) is 0 Å². The monoisotopic (exact) mass is 235 g/mol. The molecule has 11 heavy (non-hydrogen) atoms. The van der Waals surface area contributed by atoms with Crippen LogP contribution in [0.3, 0.4) is 0 Å². The molecule has 0 saturated carbocycles. The predicted molar refractivity (Wildman–Crippen MR) is 25.6 cm³/mol. The van der Waals surface area contributed by atoms with Gasteiger partial charge in [-0.3, -0.25) is 8.42 Å². The molecular formula is H8O9SV. The van der Waals surface area contributed by atoms with Gasteiger partial charge in [-0.25, -0.2) is 0 Å². The van der Waals surface area contributed by atoms with E-state index < -0.39 is 10.4 Å². The van der Waals surface area contributed by atoms with Crippen molar-refractivity contribution in [1.29, 1.82) is 0 Å². The molecular weight excluding hydrogens is 227 g/mol. The van der Waals surface area contributed by atoms with Gasteiger partial charge in [0.25, 0.3) is 0 Å². The molecule has 73 valence electrons. The summed E-state index contributed by atoms with van der Waals surface area (Å²) in [6.07, 6.45) is 0. The van der Waals surface area contributed by atoms with Crippen molar-refractivity contribution in [3.8, 4) is 0 Å². The number of rotatable bonds is 0. The van der Waals surface area contributed by atoms with Crippen molar-refractivity contribution in [3.63, 3.8) is 0 Å². The average molecular weight is 235 g/mol. The molecule has 8 N–H and O–H groups in total. The summed E-state index contributed by atoms with van der Waals surface area (Å²) in [6, 6.07) is 0. The van der Waals surface area contributed by atoms with Crippen LogP contribution in [0.5, 0.6) is 0 Å². The van der Waals surface area contributed by atoms with Crippen LogP contribution >= 0.6 is 0 Å². The second-order valence-corrected chi connectivity index (χ2v) is 1.22. The molecule has 0 fully saturated rings. The fourth-order valence-corrected chi connectivity index (χ4v) is 0. The van der Waals surface area contributed by atoms with Gasteiger partial charge in [-0.05, 0) is 0 Å². The standard InChI is InChI=1S/H2O4S.4H2O.O.V/c1-5(2,3)4;;;;;;/h(H2,1,2,3,4);4*1H2;;/q;;;;;-2;+4/p-2. The minimum Gasteiger partial charge on any atom is -2.00 e. The van der Waals surface area contributed by atoms with Gasteiger partial charge in [0.05, 0.1) is 0 Å². The van der Waals surface area contributed by atoms with Crippen LogP contribution in [0.2, 0.25) is 0 Å². The maximum atomic E-state index is 8.52. The zero-order valence-corrected chi connectivity index (χ0v) is 7.11. The summed E-state index contributed by atoms with van der Waals surface area (Å²) in [5.74, 6) is 0. The van der Waals surface area contributed by atoms with Gasteiger partial charge in [-0.2, -0.15) is 0 Å². The van der Waals surface area contributed by atoms with Crippen molar-refractivity contribution in [2.75, 3.05) is 0 Å². The Bertz CT molecular complexity index is 92.7. The molecule has 0 aliphatic rings. The number of hydrogen-bond donors (Lipinski definition) is 0. The fourth-order valence-electron chi connectivity index (χ4n) is 0. The van der Waals surface area contributed by atoms with Gasteiger partial charge in [0.15, 0.2) is 0 Å². The minimum atomic E-state index is -5.17. The summed E-state index contributed by atoms with van der Waals surface area (Å²) in [5.41, 5.74) is 0. The summed E-state index contributed by atoms with van der Waals surface area (Å²) in [5, 5.41) is 0. The van der Waals surface area contributed by atoms with Crippen LogP contribution in [-0.4, -0.2) is 39.4 Å². The molecule has 0 aliphatic carbocycles. The van der Waals surface area contributed by atoms with Crippen LogP contribution in [0.1, 0.15) is 0 Å². The van der Waals surface area contributed by atoms with Crippen LogP contribution < -0.4 is 0 Å². The van der Waals surface area contributed by atoms with Crippen LogP contribution in [0.4, 0.5) is 0 Å². The largest absolute Gasteiger partial charge is 4.00 e. The van der Waals surface area contributed by atoms with E-state index >= 15 is 0 Å². The van der Waals surface area contributed by atoms with E-state index in [1.807, 2.05) is 0 Å². The van der Waals surface area contributed by atoms with Gasteiger partial charge in [0, 0.05) is 10.4 Å². The van der Waals surface area contributed by atoms with Gasteiger partial charge in [0.1, 0.15) is 0 Å². The first-order valence-electron chi connectivity index (χ1n) is 0.667. The van der Waals surface area contributed by atoms with E-state index in [0.29, 0.717) is 0 Å². The van der Waals surface area contributed by atoms with Crippen molar-refractivity contribution >= 4 is 10.4 Å². The Labute approximate surface area is 74.4 Å². The molecule has 0 heterocycles. The Hall–Kier alpha value is 0.254. The third-order valence-corrected chi connectivity index (χ3v) is 0. The van der Waals surface area contributed by atoms with E-state index in [2.05, 4.69) is 0 Å². The normalized spacial score (nSPS) is 5.27. The molecule has 0 amide bonds.